The zero-order valence-electron chi connectivity index (χ0n) is 20.3. The highest BCUT2D eigenvalue weighted by molar-refractivity contribution is 5.96. The van der Waals surface area contributed by atoms with Crippen molar-refractivity contribution in [2.45, 2.75) is 18.9 Å². The van der Waals surface area contributed by atoms with E-state index in [9.17, 15) is 4.79 Å². The number of aromatic nitrogens is 2. The predicted molar refractivity (Wildman–Crippen MR) is 141 cm³/mol. The molecule has 0 unspecified atom stereocenters. The zero-order chi connectivity index (χ0) is 24.4. The Kier molecular flexibility index (Phi) is 6.38. The van der Waals surface area contributed by atoms with Crippen LogP contribution in [-0.2, 0) is 11.3 Å². The highest BCUT2D eigenvalue weighted by Gasteiger charge is 2.44. The molecule has 1 fully saturated rings. The van der Waals surface area contributed by atoms with Crippen molar-refractivity contribution in [3.8, 4) is 5.75 Å². The van der Waals surface area contributed by atoms with Crippen LogP contribution in [-0.4, -0.2) is 42.2 Å². The first kappa shape index (κ1) is 22.9. The Bertz CT molecular complexity index is 1350. The molecule has 1 amide bonds. The molecule has 0 spiro atoms. The molecule has 0 aliphatic heterocycles. The van der Waals surface area contributed by atoms with Crippen LogP contribution < -0.4 is 10.1 Å². The van der Waals surface area contributed by atoms with Crippen molar-refractivity contribution in [2.75, 3.05) is 26.5 Å². The second-order valence-electron chi connectivity index (χ2n) is 9.39. The minimum absolute atomic E-state index is 0.00712. The topological polar surface area (TPSA) is 70.2 Å². The molecule has 1 saturated carbocycles. The van der Waals surface area contributed by atoms with Crippen LogP contribution in [0.2, 0.25) is 0 Å². The van der Waals surface area contributed by atoms with Crippen LogP contribution in [0.3, 0.4) is 0 Å². The lowest BCUT2D eigenvalue weighted by molar-refractivity contribution is -0.117. The molecule has 6 heteroatoms. The van der Waals surface area contributed by atoms with E-state index in [0.29, 0.717) is 0 Å². The molecule has 6 nitrogen and oxygen atoms in total. The molecule has 5 rings (SSSR count). The predicted octanol–water partition coefficient (Wildman–Crippen LogP) is 5.55. The second-order valence-corrected chi connectivity index (χ2v) is 9.39. The van der Waals surface area contributed by atoms with Gasteiger partial charge in [-0.3, -0.25) is 9.89 Å². The summed E-state index contributed by atoms with van der Waals surface area (Å²) in [5.74, 6) is 1.06. The number of benzene rings is 3. The third-order valence-electron chi connectivity index (χ3n) is 6.44. The summed E-state index contributed by atoms with van der Waals surface area (Å²) in [5, 5.41) is 11.8. The maximum absolute atomic E-state index is 12.7. The number of carbonyl (C=O) groups excluding carboxylic acids is 1. The largest absolute Gasteiger partial charge is 0.497 e. The lowest BCUT2D eigenvalue weighted by atomic mass is 10.1. The highest BCUT2D eigenvalue weighted by atomic mass is 16.5. The molecule has 1 aromatic heterocycles. The minimum Gasteiger partial charge on any atom is -0.497 e. The SMILES string of the molecule is COc1ccc(NC(=O)[C@@H]2C[C@H]2c2ccc3c(/C=C/c4ccc(CN(C)C)cc4)n[nH]c3c2)cc1. The number of carbonyl (C=O) groups is 1. The third-order valence-corrected chi connectivity index (χ3v) is 6.44. The van der Waals surface area contributed by atoms with Gasteiger partial charge in [0.25, 0.3) is 0 Å². The van der Waals surface area contributed by atoms with Crippen molar-refractivity contribution in [3.05, 3.63) is 89.1 Å². The van der Waals surface area contributed by atoms with Gasteiger partial charge in [0.05, 0.1) is 18.3 Å². The van der Waals surface area contributed by atoms with E-state index in [2.05, 4.69) is 83.0 Å². The number of nitrogens with zero attached hydrogens (tertiary/aromatic N) is 2. The van der Waals surface area contributed by atoms with Crippen LogP contribution in [0.1, 0.15) is 34.7 Å². The van der Waals surface area contributed by atoms with Gasteiger partial charge in [-0.1, -0.05) is 42.5 Å². The lowest BCUT2D eigenvalue weighted by Crippen LogP contribution is -2.14. The zero-order valence-corrected chi connectivity index (χ0v) is 20.3. The van der Waals surface area contributed by atoms with Crippen LogP contribution in [0.5, 0.6) is 5.75 Å². The number of hydrogen-bond acceptors (Lipinski definition) is 4. The fourth-order valence-corrected chi connectivity index (χ4v) is 4.45. The van der Waals surface area contributed by atoms with Crippen LogP contribution in [0.15, 0.2) is 66.7 Å². The number of rotatable bonds is 8. The molecule has 0 bridgehead atoms. The van der Waals surface area contributed by atoms with Gasteiger partial charge in [0.15, 0.2) is 0 Å². The molecular formula is C29H30N4O2. The Morgan fingerprint density at radius 3 is 2.57 bits per heavy atom. The fraction of sp³-hybridized carbons (Fsp3) is 0.241. The van der Waals surface area contributed by atoms with E-state index in [1.165, 1.54) is 11.1 Å². The summed E-state index contributed by atoms with van der Waals surface area (Å²) in [6, 6.07) is 22.3. The number of nitrogens with one attached hydrogen (secondary N) is 2. The Morgan fingerprint density at radius 2 is 1.86 bits per heavy atom. The van der Waals surface area contributed by atoms with Gasteiger partial charge in [-0.15, -0.1) is 0 Å². The summed E-state index contributed by atoms with van der Waals surface area (Å²) in [5.41, 5.74) is 6.29. The molecular weight excluding hydrogens is 436 g/mol. The van der Waals surface area contributed by atoms with E-state index in [0.717, 1.165) is 46.6 Å². The normalized spacial score (nSPS) is 17.3. The highest BCUT2D eigenvalue weighted by Crippen LogP contribution is 2.48. The summed E-state index contributed by atoms with van der Waals surface area (Å²) in [7, 11) is 5.77. The van der Waals surface area contributed by atoms with Gasteiger partial charge < -0.3 is 15.0 Å². The van der Waals surface area contributed by atoms with Crippen LogP contribution in [0.4, 0.5) is 5.69 Å². The van der Waals surface area contributed by atoms with Crippen molar-refractivity contribution >= 4 is 34.6 Å². The molecule has 178 valence electrons. The number of H-pyrrole nitrogens is 1. The summed E-state index contributed by atoms with van der Waals surface area (Å²) in [6.07, 6.45) is 4.99. The lowest BCUT2D eigenvalue weighted by Gasteiger charge is -2.09. The van der Waals surface area contributed by atoms with Gasteiger partial charge in [0.2, 0.25) is 5.91 Å². The molecule has 0 radical (unpaired) electrons. The van der Waals surface area contributed by atoms with Crippen molar-refractivity contribution in [1.29, 1.82) is 0 Å². The Balaban J connectivity index is 1.23. The standard InChI is InChI=1S/C29H30N4O2/c1-33(2)18-20-6-4-19(5-7-20)8-15-27-24-14-9-21(16-28(24)32-31-27)25-17-26(25)29(34)30-22-10-12-23(35-3)13-11-22/h4-16,25-26H,17-18H2,1-3H3,(H,30,34)(H,31,32)/b15-8+/t25-,26+/m0/s1. The van der Waals surface area contributed by atoms with E-state index in [1.54, 1.807) is 7.11 Å². The van der Waals surface area contributed by atoms with Gasteiger partial charge in [0.1, 0.15) is 5.75 Å². The summed E-state index contributed by atoms with van der Waals surface area (Å²) in [4.78, 5) is 14.9. The monoisotopic (exact) mass is 466 g/mol. The first-order chi connectivity index (χ1) is 17.0. The minimum atomic E-state index is -0.00712. The van der Waals surface area contributed by atoms with E-state index in [-0.39, 0.29) is 17.7 Å². The number of aromatic amines is 1. The number of hydrogen-bond donors (Lipinski definition) is 2. The molecule has 4 aromatic rings. The smallest absolute Gasteiger partial charge is 0.228 e. The van der Waals surface area contributed by atoms with Gasteiger partial charge in [-0.05, 0) is 79.5 Å². The fourth-order valence-electron chi connectivity index (χ4n) is 4.45. The number of ether oxygens (including phenoxy) is 1. The number of anilines is 1. The van der Waals surface area contributed by atoms with E-state index >= 15 is 0 Å². The Morgan fingerprint density at radius 1 is 1.09 bits per heavy atom. The third kappa shape index (κ3) is 5.28. The summed E-state index contributed by atoms with van der Waals surface area (Å²) < 4.78 is 5.17. The number of amides is 1. The van der Waals surface area contributed by atoms with E-state index in [1.807, 2.05) is 30.3 Å². The average molecular weight is 467 g/mol. The van der Waals surface area contributed by atoms with Crippen LogP contribution in [0, 0.1) is 5.92 Å². The quantitative estimate of drug-likeness (QED) is 0.357. The van der Waals surface area contributed by atoms with E-state index in [4.69, 9.17) is 4.74 Å². The molecule has 1 heterocycles. The van der Waals surface area contributed by atoms with Crippen molar-refractivity contribution in [1.82, 2.24) is 15.1 Å². The van der Waals surface area contributed by atoms with Gasteiger partial charge in [-0.25, -0.2) is 0 Å². The molecule has 1 aliphatic carbocycles. The van der Waals surface area contributed by atoms with Crippen molar-refractivity contribution < 1.29 is 9.53 Å². The first-order valence-electron chi connectivity index (χ1n) is 11.8. The van der Waals surface area contributed by atoms with Gasteiger partial charge in [0, 0.05) is 23.5 Å². The first-order valence-corrected chi connectivity index (χ1v) is 11.8. The molecule has 2 N–H and O–H groups in total. The Hall–Kier alpha value is -3.90. The Labute approximate surface area is 205 Å². The van der Waals surface area contributed by atoms with Crippen LogP contribution in [0.25, 0.3) is 23.1 Å². The van der Waals surface area contributed by atoms with Crippen LogP contribution >= 0.6 is 0 Å². The van der Waals surface area contributed by atoms with E-state index < -0.39 is 0 Å². The number of fused-ring (bicyclic) bond motifs is 1. The summed E-state index contributed by atoms with van der Waals surface area (Å²) in [6.45, 7) is 0.932. The molecule has 35 heavy (non-hydrogen) atoms. The maximum atomic E-state index is 12.7. The van der Waals surface area contributed by atoms with Crippen molar-refractivity contribution in [2.24, 2.45) is 5.92 Å². The average Bonchev–Trinajstić information content (AvgIpc) is 3.57. The molecule has 3 aromatic carbocycles. The molecule has 2 atom stereocenters. The second kappa shape index (κ2) is 9.76. The van der Waals surface area contributed by atoms with Crippen molar-refractivity contribution in [3.63, 3.8) is 0 Å². The maximum Gasteiger partial charge on any atom is 0.228 e. The van der Waals surface area contributed by atoms with Gasteiger partial charge in [-0.2, -0.15) is 5.10 Å². The number of methoxy groups -OCH3 is 1. The van der Waals surface area contributed by atoms with Gasteiger partial charge >= 0.3 is 0 Å². The molecule has 0 saturated heterocycles. The summed E-state index contributed by atoms with van der Waals surface area (Å²) >= 11 is 0. The molecule has 1 aliphatic rings.